The molecular weight excluding hydrogens is 254 g/mol. The summed E-state index contributed by atoms with van der Waals surface area (Å²) in [5.41, 5.74) is 1.17. The SMILES string of the molecule is CCc1nccn1Cc1cccnc1Br. The molecule has 15 heavy (non-hydrogen) atoms. The Morgan fingerprint density at radius 1 is 1.33 bits per heavy atom. The average molecular weight is 266 g/mol. The van der Waals surface area contributed by atoms with Crippen LogP contribution in [-0.2, 0) is 13.0 Å². The van der Waals surface area contributed by atoms with Gasteiger partial charge in [0, 0.05) is 30.6 Å². The van der Waals surface area contributed by atoms with E-state index >= 15 is 0 Å². The second kappa shape index (κ2) is 4.57. The molecule has 2 aromatic heterocycles. The van der Waals surface area contributed by atoms with Crippen molar-refractivity contribution < 1.29 is 0 Å². The summed E-state index contributed by atoms with van der Waals surface area (Å²) in [5, 5.41) is 0. The topological polar surface area (TPSA) is 30.7 Å². The predicted octanol–water partition coefficient (Wildman–Crippen LogP) is 2.65. The van der Waals surface area contributed by atoms with Crippen LogP contribution in [0.4, 0.5) is 0 Å². The van der Waals surface area contributed by atoms with Gasteiger partial charge < -0.3 is 4.57 Å². The molecule has 0 fully saturated rings. The van der Waals surface area contributed by atoms with E-state index in [1.165, 1.54) is 5.56 Å². The maximum atomic E-state index is 4.29. The molecule has 0 aliphatic carbocycles. The van der Waals surface area contributed by atoms with Gasteiger partial charge in [0.05, 0.1) is 6.54 Å². The number of aromatic nitrogens is 3. The standard InChI is InChI=1S/C11H12BrN3/c1-2-10-13-6-7-15(10)8-9-4-3-5-14-11(9)12/h3-7H,2,8H2,1H3. The normalized spacial score (nSPS) is 10.5. The zero-order valence-corrected chi connectivity index (χ0v) is 10.1. The van der Waals surface area contributed by atoms with Crippen LogP contribution >= 0.6 is 15.9 Å². The van der Waals surface area contributed by atoms with Crippen LogP contribution < -0.4 is 0 Å². The molecule has 0 bridgehead atoms. The number of nitrogens with zero attached hydrogens (tertiary/aromatic N) is 3. The summed E-state index contributed by atoms with van der Waals surface area (Å²) < 4.78 is 3.04. The number of hydrogen-bond donors (Lipinski definition) is 0. The Labute approximate surface area is 97.3 Å². The molecular formula is C11H12BrN3. The molecule has 0 radical (unpaired) electrons. The number of halogens is 1. The second-order valence-electron chi connectivity index (χ2n) is 3.28. The first kappa shape index (κ1) is 10.4. The summed E-state index contributed by atoms with van der Waals surface area (Å²) in [6, 6.07) is 4.01. The third-order valence-corrected chi connectivity index (χ3v) is 3.01. The minimum atomic E-state index is 0.817. The lowest BCUT2D eigenvalue weighted by Gasteiger charge is -2.07. The molecule has 2 rings (SSSR count). The lowest BCUT2D eigenvalue weighted by Crippen LogP contribution is -2.04. The van der Waals surface area contributed by atoms with Gasteiger partial charge >= 0.3 is 0 Å². The van der Waals surface area contributed by atoms with Crippen molar-refractivity contribution in [2.45, 2.75) is 19.9 Å². The molecule has 2 aromatic rings. The highest BCUT2D eigenvalue weighted by molar-refractivity contribution is 9.10. The number of pyridine rings is 1. The molecule has 0 atom stereocenters. The van der Waals surface area contributed by atoms with Crippen molar-refractivity contribution >= 4 is 15.9 Å². The molecule has 0 unspecified atom stereocenters. The van der Waals surface area contributed by atoms with Crippen molar-refractivity contribution in [3.63, 3.8) is 0 Å². The molecule has 0 N–H and O–H groups in total. The highest BCUT2D eigenvalue weighted by Gasteiger charge is 2.04. The zero-order valence-electron chi connectivity index (χ0n) is 8.52. The Kier molecular flexibility index (Phi) is 3.16. The van der Waals surface area contributed by atoms with Crippen LogP contribution in [0.25, 0.3) is 0 Å². The van der Waals surface area contributed by atoms with Crippen LogP contribution in [0.5, 0.6) is 0 Å². The van der Waals surface area contributed by atoms with E-state index in [1.807, 2.05) is 18.5 Å². The van der Waals surface area contributed by atoms with Crippen molar-refractivity contribution in [2.75, 3.05) is 0 Å². The first-order valence-corrected chi connectivity index (χ1v) is 5.70. The van der Waals surface area contributed by atoms with Crippen molar-refractivity contribution in [2.24, 2.45) is 0 Å². The van der Waals surface area contributed by atoms with Gasteiger partial charge in [-0.25, -0.2) is 9.97 Å². The fraction of sp³-hybridized carbons (Fsp3) is 0.273. The minimum absolute atomic E-state index is 0.817. The van der Waals surface area contributed by atoms with E-state index < -0.39 is 0 Å². The molecule has 0 aromatic carbocycles. The first-order valence-electron chi connectivity index (χ1n) is 4.90. The van der Waals surface area contributed by atoms with Gasteiger partial charge in [0.2, 0.25) is 0 Å². The molecule has 4 heteroatoms. The van der Waals surface area contributed by atoms with Crippen LogP contribution in [0.1, 0.15) is 18.3 Å². The van der Waals surface area contributed by atoms with Crippen molar-refractivity contribution in [1.29, 1.82) is 0 Å². The quantitative estimate of drug-likeness (QED) is 0.799. The van der Waals surface area contributed by atoms with Gasteiger partial charge in [0.15, 0.2) is 0 Å². The van der Waals surface area contributed by atoms with Gasteiger partial charge in [-0.3, -0.25) is 0 Å². The number of hydrogen-bond acceptors (Lipinski definition) is 2. The summed E-state index contributed by atoms with van der Waals surface area (Å²) in [7, 11) is 0. The lowest BCUT2D eigenvalue weighted by atomic mass is 10.3. The van der Waals surface area contributed by atoms with Gasteiger partial charge in [-0.05, 0) is 22.0 Å². The summed E-state index contributed by atoms with van der Waals surface area (Å²) >= 11 is 3.44. The number of imidazole rings is 1. The highest BCUT2D eigenvalue weighted by Crippen LogP contribution is 2.14. The largest absolute Gasteiger partial charge is 0.330 e. The fourth-order valence-corrected chi connectivity index (χ4v) is 1.89. The van der Waals surface area contributed by atoms with Crippen LogP contribution in [0.2, 0.25) is 0 Å². The maximum Gasteiger partial charge on any atom is 0.111 e. The smallest absolute Gasteiger partial charge is 0.111 e. The summed E-state index contributed by atoms with van der Waals surface area (Å²) in [4.78, 5) is 8.49. The second-order valence-corrected chi connectivity index (χ2v) is 4.03. The maximum absolute atomic E-state index is 4.29. The van der Waals surface area contributed by atoms with Crippen molar-refractivity contribution in [3.05, 3.63) is 46.7 Å². The molecule has 0 aliphatic rings. The summed E-state index contributed by atoms with van der Waals surface area (Å²) in [6.07, 6.45) is 6.56. The Balaban J connectivity index is 2.26. The Bertz CT molecular complexity index is 451. The van der Waals surface area contributed by atoms with Crippen LogP contribution in [-0.4, -0.2) is 14.5 Å². The predicted molar refractivity (Wildman–Crippen MR) is 62.6 cm³/mol. The van der Waals surface area contributed by atoms with E-state index in [-0.39, 0.29) is 0 Å². The fourth-order valence-electron chi connectivity index (χ4n) is 1.52. The monoisotopic (exact) mass is 265 g/mol. The number of rotatable bonds is 3. The first-order chi connectivity index (χ1) is 7.31. The van der Waals surface area contributed by atoms with Crippen molar-refractivity contribution in [1.82, 2.24) is 14.5 Å². The minimum Gasteiger partial charge on any atom is -0.330 e. The van der Waals surface area contributed by atoms with Gasteiger partial charge in [0.1, 0.15) is 10.4 Å². The van der Waals surface area contributed by atoms with Crippen LogP contribution in [0, 0.1) is 0 Å². The molecule has 0 aliphatic heterocycles. The van der Waals surface area contributed by atoms with Crippen LogP contribution in [0.3, 0.4) is 0 Å². The molecule has 2 heterocycles. The molecule has 0 saturated carbocycles. The van der Waals surface area contributed by atoms with E-state index in [4.69, 9.17) is 0 Å². The van der Waals surface area contributed by atoms with Gasteiger partial charge in [0.25, 0.3) is 0 Å². The molecule has 78 valence electrons. The zero-order chi connectivity index (χ0) is 10.7. The molecule has 0 saturated heterocycles. The third kappa shape index (κ3) is 2.26. The number of aryl methyl sites for hydroxylation is 1. The molecule has 0 amide bonds. The summed E-state index contributed by atoms with van der Waals surface area (Å²) in [5.74, 6) is 1.10. The van der Waals surface area contributed by atoms with Gasteiger partial charge in [-0.2, -0.15) is 0 Å². The Morgan fingerprint density at radius 3 is 2.93 bits per heavy atom. The van der Waals surface area contributed by atoms with Gasteiger partial charge in [-0.15, -0.1) is 0 Å². The molecule has 3 nitrogen and oxygen atoms in total. The highest BCUT2D eigenvalue weighted by atomic mass is 79.9. The average Bonchev–Trinajstić information content (AvgIpc) is 2.69. The molecule has 0 spiro atoms. The van der Waals surface area contributed by atoms with E-state index in [0.717, 1.165) is 23.4 Å². The summed E-state index contributed by atoms with van der Waals surface area (Å²) in [6.45, 7) is 2.93. The third-order valence-electron chi connectivity index (χ3n) is 2.29. The lowest BCUT2D eigenvalue weighted by molar-refractivity contribution is 0.727. The van der Waals surface area contributed by atoms with Crippen LogP contribution in [0.15, 0.2) is 35.3 Å². The Morgan fingerprint density at radius 2 is 2.20 bits per heavy atom. The van der Waals surface area contributed by atoms with E-state index in [1.54, 1.807) is 6.20 Å². The van der Waals surface area contributed by atoms with Crippen molar-refractivity contribution in [3.8, 4) is 0 Å². The van der Waals surface area contributed by atoms with E-state index in [0.29, 0.717) is 0 Å². The van der Waals surface area contributed by atoms with Gasteiger partial charge in [-0.1, -0.05) is 13.0 Å². The van der Waals surface area contributed by atoms with E-state index in [9.17, 15) is 0 Å². The Hall–Kier alpha value is -1.16. The van der Waals surface area contributed by atoms with E-state index in [2.05, 4.69) is 43.5 Å².